The Hall–Kier alpha value is 0.380. The van der Waals surface area contributed by atoms with Crippen molar-refractivity contribution in [3.8, 4) is 0 Å². The first-order chi connectivity index (χ1) is 4.35. The lowest BCUT2D eigenvalue weighted by Crippen LogP contribution is -1.45. The predicted octanol–water partition coefficient (Wildman–Crippen LogP) is 3.95. The molecular formula is C7H12IP. The Morgan fingerprint density at radius 2 is 1.22 bits per heavy atom. The summed E-state index contributed by atoms with van der Waals surface area (Å²) in [6.45, 7) is 10.8. The van der Waals surface area contributed by atoms with Crippen molar-refractivity contribution in [2.24, 2.45) is 0 Å². The van der Waals surface area contributed by atoms with E-state index in [1.54, 1.807) is 0 Å². The van der Waals surface area contributed by atoms with Crippen LogP contribution in [-0.2, 0) is 0 Å². The molecule has 0 aromatic heterocycles. The molecule has 0 spiro atoms. The number of hydrogen-bond donors (Lipinski definition) is 0. The van der Waals surface area contributed by atoms with Gasteiger partial charge in [-0.05, 0) is 12.9 Å². The fourth-order valence-electron chi connectivity index (χ4n) is 0.224. The minimum Gasteiger partial charge on any atom is -0.0980 e. The van der Waals surface area contributed by atoms with Gasteiger partial charge in [0, 0.05) is 0 Å². The zero-order valence-electron chi connectivity index (χ0n) is 5.68. The van der Waals surface area contributed by atoms with E-state index in [2.05, 4.69) is 42.3 Å². The van der Waals surface area contributed by atoms with Crippen LogP contribution >= 0.6 is 30.5 Å². The van der Waals surface area contributed by atoms with Gasteiger partial charge in [0.2, 0.25) is 0 Å². The minimum absolute atomic E-state index is 0.262. The molecule has 0 radical (unpaired) electrons. The molecule has 0 saturated heterocycles. The minimum atomic E-state index is -0.262. The van der Waals surface area contributed by atoms with Crippen LogP contribution in [0.15, 0.2) is 37.2 Å². The monoisotopic (exact) mass is 254 g/mol. The molecule has 9 heavy (non-hydrogen) atoms. The molecule has 0 unspecified atom stereocenters. The average Bonchev–Trinajstić information content (AvgIpc) is 1.96. The topological polar surface area (TPSA) is 0 Å². The van der Waals surface area contributed by atoms with E-state index in [0.717, 1.165) is 0 Å². The predicted molar refractivity (Wildman–Crippen MR) is 57.5 cm³/mol. The fraction of sp³-hybridized carbons (Fsp3) is 0.143. The van der Waals surface area contributed by atoms with Crippen LogP contribution in [-0.4, -0.2) is 4.93 Å². The summed E-state index contributed by atoms with van der Waals surface area (Å²) in [6, 6.07) is 0. The molecular weight excluding hydrogens is 242 g/mol. The number of alkyl halides is 1. The molecule has 0 aliphatic carbocycles. The number of rotatable bonds is 3. The van der Waals surface area contributed by atoms with Crippen molar-refractivity contribution in [2.45, 2.75) is 0 Å². The Balaban J connectivity index is 0. The average molecular weight is 254 g/mol. The van der Waals surface area contributed by atoms with Gasteiger partial charge in [0.05, 0.1) is 0 Å². The van der Waals surface area contributed by atoms with Gasteiger partial charge in [0.1, 0.15) is 0 Å². The van der Waals surface area contributed by atoms with E-state index in [4.69, 9.17) is 0 Å². The Labute approximate surface area is 72.6 Å². The normalized spacial score (nSPS) is 7.00. The zero-order valence-corrected chi connectivity index (χ0v) is 8.73. The lowest BCUT2D eigenvalue weighted by Gasteiger charge is -1.92. The first-order valence-corrected chi connectivity index (χ1v) is 6.08. The first-order valence-electron chi connectivity index (χ1n) is 2.38. The van der Waals surface area contributed by atoms with Gasteiger partial charge < -0.3 is 0 Å². The van der Waals surface area contributed by atoms with Crippen LogP contribution in [0.5, 0.6) is 0 Å². The van der Waals surface area contributed by atoms with Gasteiger partial charge in [-0.15, -0.1) is 0 Å². The fourth-order valence-corrected chi connectivity index (χ4v) is 0.671. The molecule has 0 nitrogen and oxygen atoms in total. The summed E-state index contributed by atoms with van der Waals surface area (Å²) in [4.78, 5) is 1.97. The van der Waals surface area contributed by atoms with Gasteiger partial charge in [0.25, 0.3) is 0 Å². The molecule has 0 rings (SSSR count). The molecule has 2 heteroatoms. The maximum Gasteiger partial charge on any atom is -0.0121 e. The van der Waals surface area contributed by atoms with Gasteiger partial charge in [-0.3, -0.25) is 0 Å². The molecule has 0 aromatic rings. The molecule has 0 bridgehead atoms. The van der Waals surface area contributed by atoms with Crippen LogP contribution in [0.3, 0.4) is 0 Å². The lowest BCUT2D eigenvalue weighted by molar-refractivity contribution is 2.40. The highest BCUT2D eigenvalue weighted by Gasteiger charge is 1.82. The molecule has 0 aromatic carbocycles. The van der Waals surface area contributed by atoms with E-state index in [9.17, 15) is 0 Å². The number of hydrogen-bond acceptors (Lipinski definition) is 0. The maximum atomic E-state index is 3.59. The largest absolute Gasteiger partial charge is 0.0980 e. The van der Waals surface area contributed by atoms with E-state index in [0.29, 0.717) is 0 Å². The Bertz CT molecular complexity index is 69.9. The van der Waals surface area contributed by atoms with Crippen molar-refractivity contribution < 1.29 is 0 Å². The molecule has 0 saturated carbocycles. The second-order valence-electron chi connectivity index (χ2n) is 0.995. The van der Waals surface area contributed by atoms with Crippen molar-refractivity contribution in [3.63, 3.8) is 0 Å². The summed E-state index contributed by atoms with van der Waals surface area (Å²) in [6.07, 6.45) is 0. The molecule has 0 atom stereocenters. The lowest BCUT2D eigenvalue weighted by atomic mass is 11.2. The van der Waals surface area contributed by atoms with E-state index >= 15 is 0 Å². The molecule has 0 aliphatic heterocycles. The van der Waals surface area contributed by atoms with Crippen LogP contribution in [0, 0.1) is 0 Å². The molecule has 52 valence electrons. The second kappa shape index (κ2) is 11.2. The van der Waals surface area contributed by atoms with Crippen molar-refractivity contribution in [3.05, 3.63) is 37.2 Å². The second-order valence-corrected chi connectivity index (χ2v) is 2.98. The molecule has 0 amide bonds. The van der Waals surface area contributed by atoms with Crippen molar-refractivity contribution >= 4 is 30.5 Å². The highest BCUT2D eigenvalue weighted by Crippen LogP contribution is 2.37. The summed E-state index contributed by atoms with van der Waals surface area (Å²) < 4.78 is 0. The van der Waals surface area contributed by atoms with Gasteiger partial charge in [-0.25, -0.2) is 0 Å². The van der Waals surface area contributed by atoms with Crippen LogP contribution in [0.4, 0.5) is 0 Å². The maximum absolute atomic E-state index is 3.59. The van der Waals surface area contributed by atoms with Gasteiger partial charge in [-0.2, -0.15) is 0 Å². The SMILES string of the molecule is C=CP(C=C)C=C.CI. The van der Waals surface area contributed by atoms with Gasteiger partial charge in [0.15, 0.2) is 0 Å². The van der Waals surface area contributed by atoms with E-state index < -0.39 is 0 Å². The van der Waals surface area contributed by atoms with Crippen molar-refractivity contribution in [2.75, 3.05) is 4.93 Å². The third-order valence-corrected chi connectivity index (χ3v) is 1.90. The molecule has 0 heterocycles. The molecule has 0 fully saturated rings. The summed E-state index contributed by atoms with van der Waals surface area (Å²) in [7, 11) is -0.262. The first kappa shape index (κ1) is 12.1. The van der Waals surface area contributed by atoms with Gasteiger partial charge in [-0.1, -0.05) is 59.8 Å². The van der Waals surface area contributed by atoms with Crippen LogP contribution in [0.1, 0.15) is 0 Å². The van der Waals surface area contributed by atoms with Crippen LogP contribution < -0.4 is 0 Å². The van der Waals surface area contributed by atoms with E-state index in [1.165, 1.54) is 0 Å². The summed E-state index contributed by atoms with van der Waals surface area (Å²) >= 11 is 2.15. The van der Waals surface area contributed by atoms with Crippen LogP contribution in [0.2, 0.25) is 0 Å². The Morgan fingerprint density at radius 3 is 1.22 bits per heavy atom. The third kappa shape index (κ3) is 8.38. The summed E-state index contributed by atoms with van der Waals surface area (Å²) in [5, 5.41) is 0. The Kier molecular flexibility index (Phi) is 15.1. The smallest absolute Gasteiger partial charge is 0.0121 e. The highest BCUT2D eigenvalue weighted by molar-refractivity contribution is 14.1. The van der Waals surface area contributed by atoms with Gasteiger partial charge >= 0.3 is 0 Å². The van der Waals surface area contributed by atoms with Crippen LogP contribution in [0.25, 0.3) is 0 Å². The quantitative estimate of drug-likeness (QED) is 0.406. The number of halogens is 1. The van der Waals surface area contributed by atoms with E-state index in [1.807, 2.05) is 22.4 Å². The zero-order chi connectivity index (χ0) is 7.70. The third-order valence-electron chi connectivity index (χ3n) is 0.632. The summed E-state index contributed by atoms with van der Waals surface area (Å²) in [5.41, 5.74) is 0. The van der Waals surface area contributed by atoms with E-state index in [-0.39, 0.29) is 7.92 Å². The van der Waals surface area contributed by atoms with Crippen molar-refractivity contribution in [1.29, 1.82) is 0 Å². The van der Waals surface area contributed by atoms with Crippen molar-refractivity contribution in [1.82, 2.24) is 0 Å². The highest BCUT2D eigenvalue weighted by atomic mass is 127. The summed E-state index contributed by atoms with van der Waals surface area (Å²) in [5.74, 6) is 5.57. The standard InChI is InChI=1S/C6H9P.CH3I/c1-4-7(5-2)6-3;1-2/h4-6H,1-3H2;1H3. The molecule has 0 N–H and O–H groups in total. The Morgan fingerprint density at radius 1 is 1.00 bits per heavy atom. The molecule has 0 aliphatic rings.